The fourth-order valence-electron chi connectivity index (χ4n) is 1.95. The lowest BCUT2D eigenvalue weighted by molar-refractivity contribution is 0.667. The second-order valence-corrected chi connectivity index (χ2v) is 4.61. The number of nitrogens with zero attached hydrogens (tertiary/aromatic N) is 3. The fraction of sp³-hybridized carbons (Fsp3) is 0.231. The van der Waals surface area contributed by atoms with Gasteiger partial charge in [0.15, 0.2) is 0 Å². The van der Waals surface area contributed by atoms with E-state index in [0.29, 0.717) is 0 Å². The number of rotatable bonds is 2. The minimum Gasteiger partial charge on any atom is -0.313 e. The number of hydrogen-bond acceptors (Lipinski definition) is 3. The summed E-state index contributed by atoms with van der Waals surface area (Å²) < 4.78 is 0. The highest BCUT2D eigenvalue weighted by molar-refractivity contribution is 6.30. The fourth-order valence-corrected chi connectivity index (χ4v) is 2.07. The van der Waals surface area contributed by atoms with Crippen molar-refractivity contribution in [3.05, 3.63) is 41.6 Å². The summed E-state index contributed by atoms with van der Waals surface area (Å²) in [5.74, 6) is 0. The SMILES string of the molecule is Cl.Clc1ccc(-c2cnn(C3=CCNCC3)n2)cc1. The van der Waals surface area contributed by atoms with Crippen molar-refractivity contribution in [2.24, 2.45) is 0 Å². The zero-order chi connectivity index (χ0) is 12.4. The van der Waals surface area contributed by atoms with Crippen LogP contribution in [-0.2, 0) is 0 Å². The Kier molecular flexibility index (Phi) is 4.58. The first kappa shape index (κ1) is 14.1. The molecule has 1 aliphatic rings. The zero-order valence-corrected chi connectivity index (χ0v) is 11.8. The summed E-state index contributed by atoms with van der Waals surface area (Å²) in [4.78, 5) is 1.71. The zero-order valence-electron chi connectivity index (χ0n) is 10.2. The lowest BCUT2D eigenvalue weighted by Crippen LogP contribution is -2.22. The van der Waals surface area contributed by atoms with Gasteiger partial charge in [-0.3, -0.25) is 0 Å². The van der Waals surface area contributed by atoms with E-state index in [4.69, 9.17) is 11.6 Å². The molecule has 1 aromatic heterocycles. The van der Waals surface area contributed by atoms with Crippen molar-refractivity contribution in [3.8, 4) is 11.3 Å². The maximum absolute atomic E-state index is 5.87. The Hall–Kier alpha value is -1.36. The molecule has 4 nitrogen and oxygen atoms in total. The molecule has 3 rings (SSSR count). The van der Waals surface area contributed by atoms with Gasteiger partial charge in [-0.25, -0.2) is 0 Å². The molecule has 0 atom stereocenters. The summed E-state index contributed by atoms with van der Waals surface area (Å²) in [6.07, 6.45) is 4.86. The van der Waals surface area contributed by atoms with Crippen LogP contribution in [0, 0.1) is 0 Å². The van der Waals surface area contributed by atoms with Gasteiger partial charge in [0.05, 0.1) is 11.9 Å². The second kappa shape index (κ2) is 6.19. The lowest BCUT2D eigenvalue weighted by Gasteiger charge is -2.12. The van der Waals surface area contributed by atoms with Crippen molar-refractivity contribution < 1.29 is 0 Å². The van der Waals surface area contributed by atoms with Crippen LogP contribution < -0.4 is 5.32 Å². The van der Waals surface area contributed by atoms with Crippen molar-refractivity contribution in [3.63, 3.8) is 0 Å². The summed E-state index contributed by atoms with van der Waals surface area (Å²) in [5.41, 5.74) is 3.04. The van der Waals surface area contributed by atoms with Crippen molar-refractivity contribution >= 4 is 29.7 Å². The van der Waals surface area contributed by atoms with Crippen molar-refractivity contribution in [2.75, 3.05) is 13.1 Å². The Morgan fingerprint density at radius 1 is 1.21 bits per heavy atom. The molecule has 0 aliphatic carbocycles. The Bertz CT molecular complexity index is 575. The summed E-state index contributed by atoms with van der Waals surface area (Å²) in [5, 5.41) is 12.8. The second-order valence-electron chi connectivity index (χ2n) is 4.18. The molecule has 0 bridgehead atoms. The van der Waals surface area contributed by atoms with E-state index < -0.39 is 0 Å². The van der Waals surface area contributed by atoms with Crippen LogP contribution in [0.1, 0.15) is 6.42 Å². The van der Waals surface area contributed by atoms with E-state index in [1.165, 1.54) is 0 Å². The molecule has 0 saturated carbocycles. The van der Waals surface area contributed by atoms with E-state index >= 15 is 0 Å². The Morgan fingerprint density at radius 2 is 2.00 bits per heavy atom. The quantitative estimate of drug-likeness (QED) is 0.927. The van der Waals surface area contributed by atoms with E-state index in [-0.39, 0.29) is 12.4 Å². The molecule has 0 unspecified atom stereocenters. The van der Waals surface area contributed by atoms with Crippen LogP contribution >= 0.6 is 24.0 Å². The first-order valence-corrected chi connectivity index (χ1v) is 6.29. The van der Waals surface area contributed by atoms with Crippen molar-refractivity contribution in [1.82, 2.24) is 20.3 Å². The largest absolute Gasteiger partial charge is 0.313 e. The van der Waals surface area contributed by atoms with Crippen LogP contribution in [0.4, 0.5) is 0 Å². The first-order valence-electron chi connectivity index (χ1n) is 5.91. The molecule has 1 aliphatic heterocycles. The predicted molar refractivity (Wildman–Crippen MR) is 79.5 cm³/mol. The van der Waals surface area contributed by atoms with Gasteiger partial charge in [0, 0.05) is 30.1 Å². The third-order valence-electron chi connectivity index (χ3n) is 2.93. The number of nitrogens with one attached hydrogen (secondary N) is 1. The molecule has 6 heteroatoms. The van der Waals surface area contributed by atoms with E-state index in [1.807, 2.05) is 24.3 Å². The summed E-state index contributed by atoms with van der Waals surface area (Å²) >= 11 is 5.87. The Morgan fingerprint density at radius 3 is 2.68 bits per heavy atom. The van der Waals surface area contributed by atoms with Crippen LogP contribution in [0.25, 0.3) is 17.0 Å². The minimum atomic E-state index is 0. The highest BCUT2D eigenvalue weighted by atomic mass is 35.5. The summed E-state index contributed by atoms with van der Waals surface area (Å²) in [6, 6.07) is 7.63. The Labute approximate surface area is 122 Å². The lowest BCUT2D eigenvalue weighted by atomic mass is 10.2. The average Bonchev–Trinajstić information content (AvgIpc) is 2.90. The molecule has 0 saturated heterocycles. The maximum Gasteiger partial charge on any atom is 0.113 e. The van der Waals surface area contributed by atoms with Crippen LogP contribution in [0.5, 0.6) is 0 Å². The molecule has 0 amide bonds. The minimum absolute atomic E-state index is 0. The average molecular weight is 297 g/mol. The van der Waals surface area contributed by atoms with Gasteiger partial charge < -0.3 is 5.32 Å². The van der Waals surface area contributed by atoms with Gasteiger partial charge in [-0.05, 0) is 18.2 Å². The topological polar surface area (TPSA) is 42.7 Å². The monoisotopic (exact) mass is 296 g/mol. The van der Waals surface area contributed by atoms with Gasteiger partial charge in [0.25, 0.3) is 0 Å². The molecular weight excluding hydrogens is 283 g/mol. The molecular formula is C13H14Cl2N4. The molecule has 19 heavy (non-hydrogen) atoms. The molecule has 100 valence electrons. The highest BCUT2D eigenvalue weighted by Crippen LogP contribution is 2.20. The Balaban J connectivity index is 0.00000133. The predicted octanol–water partition coefficient (Wildman–Crippen LogP) is 2.85. The molecule has 0 fully saturated rings. The third kappa shape index (κ3) is 3.15. The van der Waals surface area contributed by atoms with Crippen molar-refractivity contribution in [2.45, 2.75) is 6.42 Å². The van der Waals surface area contributed by atoms with E-state index in [0.717, 1.165) is 41.5 Å². The summed E-state index contributed by atoms with van der Waals surface area (Å²) in [7, 11) is 0. The van der Waals surface area contributed by atoms with Gasteiger partial charge in [0.2, 0.25) is 0 Å². The van der Waals surface area contributed by atoms with E-state index in [9.17, 15) is 0 Å². The van der Waals surface area contributed by atoms with Gasteiger partial charge in [0.1, 0.15) is 5.69 Å². The van der Waals surface area contributed by atoms with E-state index in [1.54, 1.807) is 11.0 Å². The molecule has 1 N–H and O–H groups in total. The summed E-state index contributed by atoms with van der Waals surface area (Å²) in [6.45, 7) is 1.86. The normalized spacial score (nSPS) is 14.7. The van der Waals surface area contributed by atoms with Gasteiger partial charge in [-0.2, -0.15) is 9.90 Å². The van der Waals surface area contributed by atoms with Crippen LogP contribution in [-0.4, -0.2) is 28.1 Å². The molecule has 0 radical (unpaired) electrons. The smallest absolute Gasteiger partial charge is 0.113 e. The van der Waals surface area contributed by atoms with E-state index in [2.05, 4.69) is 21.6 Å². The molecule has 0 spiro atoms. The molecule has 2 aromatic rings. The van der Waals surface area contributed by atoms with Crippen LogP contribution in [0.2, 0.25) is 5.02 Å². The van der Waals surface area contributed by atoms with Gasteiger partial charge in [-0.1, -0.05) is 23.7 Å². The number of benzene rings is 1. The van der Waals surface area contributed by atoms with Gasteiger partial charge in [-0.15, -0.1) is 17.5 Å². The first-order chi connectivity index (χ1) is 8.83. The van der Waals surface area contributed by atoms with Gasteiger partial charge >= 0.3 is 0 Å². The van der Waals surface area contributed by atoms with Crippen molar-refractivity contribution in [1.29, 1.82) is 0 Å². The number of aromatic nitrogens is 3. The van der Waals surface area contributed by atoms with Crippen LogP contribution in [0.15, 0.2) is 36.5 Å². The number of hydrogen-bond donors (Lipinski definition) is 1. The third-order valence-corrected chi connectivity index (χ3v) is 3.18. The molecule has 2 heterocycles. The highest BCUT2D eigenvalue weighted by Gasteiger charge is 2.09. The molecule has 1 aromatic carbocycles. The standard InChI is InChI=1S/C13H13ClN4.ClH/c14-11-3-1-10(2-4-11)13-9-16-18(17-13)12-5-7-15-8-6-12;/h1-5,9,15H,6-8H2;1H. The maximum atomic E-state index is 5.87. The number of halogens is 2. The van der Waals surface area contributed by atoms with Crippen LogP contribution in [0.3, 0.4) is 0 Å².